The molecule has 0 aliphatic heterocycles. The molecule has 0 amide bonds. The normalized spacial score (nSPS) is 13.3. The Balaban J connectivity index is 2.58. The molecule has 4 N–H and O–H groups in total. The van der Waals surface area contributed by atoms with Crippen molar-refractivity contribution in [2.45, 2.75) is 25.5 Å². The molecule has 0 spiro atoms. The zero-order valence-electron chi connectivity index (χ0n) is 13.8. The standard InChI is InChI=1S/C16H25NO6/c1-4-12(9-18)17-8-13(19)10-23-14-6-5-11(16(20)22-3)7-15(14)21-2/h5-7,12-13,17-19H,4,8-10H2,1-3H3/p+1/t12-,13-/m0/s1. The Kier molecular flexibility index (Phi) is 8.39. The number of carbonyl (C=O) groups is 1. The van der Waals surface area contributed by atoms with Crippen LogP contribution in [0.25, 0.3) is 0 Å². The third-order valence-corrected chi connectivity index (χ3v) is 3.52. The van der Waals surface area contributed by atoms with Gasteiger partial charge in [0.25, 0.3) is 0 Å². The largest absolute Gasteiger partial charge is 0.493 e. The van der Waals surface area contributed by atoms with Crippen LogP contribution in [0.5, 0.6) is 11.5 Å². The summed E-state index contributed by atoms with van der Waals surface area (Å²) in [5.74, 6) is 0.373. The molecule has 7 nitrogen and oxygen atoms in total. The minimum Gasteiger partial charge on any atom is -0.493 e. The highest BCUT2D eigenvalue weighted by atomic mass is 16.5. The zero-order valence-corrected chi connectivity index (χ0v) is 13.8. The topological polar surface area (TPSA) is 102 Å². The monoisotopic (exact) mass is 328 g/mol. The molecule has 1 aromatic rings. The number of nitrogens with two attached hydrogens (primary N) is 1. The van der Waals surface area contributed by atoms with Crippen LogP contribution in [0, 0.1) is 0 Å². The molecule has 2 atom stereocenters. The number of methoxy groups -OCH3 is 2. The van der Waals surface area contributed by atoms with Crippen molar-refractivity contribution in [1.82, 2.24) is 0 Å². The zero-order chi connectivity index (χ0) is 17.2. The quantitative estimate of drug-likeness (QED) is 0.503. The van der Waals surface area contributed by atoms with E-state index in [0.717, 1.165) is 6.42 Å². The molecule has 7 heteroatoms. The van der Waals surface area contributed by atoms with E-state index in [4.69, 9.17) is 14.6 Å². The number of hydrogen-bond acceptors (Lipinski definition) is 6. The van der Waals surface area contributed by atoms with Gasteiger partial charge < -0.3 is 29.7 Å². The molecule has 0 aliphatic rings. The summed E-state index contributed by atoms with van der Waals surface area (Å²) in [5, 5.41) is 20.9. The second-order valence-electron chi connectivity index (χ2n) is 5.14. The molecule has 1 aromatic carbocycles. The van der Waals surface area contributed by atoms with E-state index in [1.165, 1.54) is 20.3 Å². The van der Waals surface area contributed by atoms with Gasteiger partial charge in [0.1, 0.15) is 25.3 Å². The summed E-state index contributed by atoms with van der Waals surface area (Å²) in [6, 6.07) is 4.78. The molecule has 23 heavy (non-hydrogen) atoms. The minimum atomic E-state index is -0.680. The van der Waals surface area contributed by atoms with E-state index in [0.29, 0.717) is 23.6 Å². The fourth-order valence-corrected chi connectivity index (χ4v) is 2.01. The first-order valence-electron chi connectivity index (χ1n) is 7.57. The number of hydrogen-bond donors (Lipinski definition) is 3. The highest BCUT2D eigenvalue weighted by Crippen LogP contribution is 2.28. The lowest BCUT2D eigenvalue weighted by Crippen LogP contribution is -2.92. The summed E-state index contributed by atoms with van der Waals surface area (Å²) in [6.45, 7) is 2.58. The van der Waals surface area contributed by atoms with Crippen LogP contribution in [0.1, 0.15) is 23.7 Å². The Morgan fingerprint density at radius 3 is 2.61 bits per heavy atom. The van der Waals surface area contributed by atoms with Crippen LogP contribution in [0.2, 0.25) is 0 Å². The number of aliphatic hydroxyl groups excluding tert-OH is 2. The molecule has 1 rings (SSSR count). The molecule has 0 heterocycles. The number of rotatable bonds is 10. The Bertz CT molecular complexity index is 489. The van der Waals surface area contributed by atoms with Crippen molar-refractivity contribution in [3.63, 3.8) is 0 Å². The van der Waals surface area contributed by atoms with E-state index in [2.05, 4.69) is 4.74 Å². The highest BCUT2D eigenvalue weighted by Gasteiger charge is 2.15. The Morgan fingerprint density at radius 2 is 2.04 bits per heavy atom. The summed E-state index contributed by atoms with van der Waals surface area (Å²) in [5.41, 5.74) is 0.360. The summed E-state index contributed by atoms with van der Waals surface area (Å²) in [7, 11) is 2.78. The van der Waals surface area contributed by atoms with Crippen LogP contribution in [-0.4, -0.2) is 62.3 Å². The third kappa shape index (κ3) is 6.05. The average Bonchev–Trinajstić information content (AvgIpc) is 2.59. The molecular weight excluding hydrogens is 302 g/mol. The lowest BCUT2D eigenvalue weighted by atomic mass is 10.2. The molecule has 130 valence electrons. The number of benzene rings is 1. The SMILES string of the molecule is CC[C@@H](CO)[NH2+]C[C@H](O)COc1ccc(C(=O)OC)cc1OC. The van der Waals surface area contributed by atoms with Crippen molar-refractivity contribution in [2.75, 3.05) is 34.0 Å². The van der Waals surface area contributed by atoms with Gasteiger partial charge in [-0.3, -0.25) is 0 Å². The molecule has 0 unspecified atom stereocenters. The van der Waals surface area contributed by atoms with Crippen LogP contribution < -0.4 is 14.8 Å². The Morgan fingerprint density at radius 1 is 1.30 bits per heavy atom. The van der Waals surface area contributed by atoms with E-state index >= 15 is 0 Å². The van der Waals surface area contributed by atoms with Crippen LogP contribution in [0.15, 0.2) is 18.2 Å². The molecule has 0 saturated carbocycles. The molecule has 0 saturated heterocycles. The molecule has 0 bridgehead atoms. The Hall–Kier alpha value is -1.83. The van der Waals surface area contributed by atoms with Crippen molar-refractivity contribution in [3.8, 4) is 11.5 Å². The molecule has 0 aromatic heterocycles. The van der Waals surface area contributed by atoms with Gasteiger partial charge in [0, 0.05) is 0 Å². The molecule has 0 aliphatic carbocycles. The van der Waals surface area contributed by atoms with E-state index in [-0.39, 0.29) is 19.3 Å². The number of aliphatic hydroxyl groups is 2. The smallest absolute Gasteiger partial charge is 0.337 e. The average molecular weight is 328 g/mol. The molecule has 0 radical (unpaired) electrons. The fraction of sp³-hybridized carbons (Fsp3) is 0.562. The molecular formula is C16H26NO6+. The maximum atomic E-state index is 11.5. The van der Waals surface area contributed by atoms with Gasteiger partial charge in [0.2, 0.25) is 0 Å². The number of esters is 1. The van der Waals surface area contributed by atoms with E-state index in [1.807, 2.05) is 12.2 Å². The van der Waals surface area contributed by atoms with Crippen molar-refractivity contribution in [3.05, 3.63) is 23.8 Å². The number of carbonyl (C=O) groups excluding carboxylic acids is 1. The second-order valence-corrected chi connectivity index (χ2v) is 5.14. The van der Waals surface area contributed by atoms with Gasteiger partial charge in [-0.15, -0.1) is 0 Å². The van der Waals surface area contributed by atoms with Gasteiger partial charge in [-0.2, -0.15) is 0 Å². The van der Waals surface area contributed by atoms with Crippen molar-refractivity contribution < 1.29 is 34.5 Å². The van der Waals surface area contributed by atoms with Crippen molar-refractivity contribution in [2.24, 2.45) is 0 Å². The third-order valence-electron chi connectivity index (χ3n) is 3.52. The summed E-state index contributed by atoms with van der Waals surface area (Å²) in [4.78, 5) is 11.5. The van der Waals surface area contributed by atoms with Gasteiger partial charge in [-0.25, -0.2) is 4.79 Å². The summed E-state index contributed by atoms with van der Waals surface area (Å²) < 4.78 is 15.4. The number of quaternary nitrogens is 1. The van der Waals surface area contributed by atoms with Gasteiger partial charge in [0.15, 0.2) is 11.5 Å². The van der Waals surface area contributed by atoms with E-state index < -0.39 is 12.1 Å². The lowest BCUT2D eigenvalue weighted by Gasteiger charge is -2.16. The van der Waals surface area contributed by atoms with Crippen molar-refractivity contribution in [1.29, 1.82) is 0 Å². The van der Waals surface area contributed by atoms with Crippen LogP contribution in [-0.2, 0) is 4.74 Å². The van der Waals surface area contributed by atoms with Gasteiger partial charge in [-0.05, 0) is 24.6 Å². The van der Waals surface area contributed by atoms with E-state index in [1.54, 1.807) is 12.1 Å². The highest BCUT2D eigenvalue weighted by molar-refractivity contribution is 5.90. The lowest BCUT2D eigenvalue weighted by molar-refractivity contribution is -0.696. The first-order valence-corrected chi connectivity index (χ1v) is 7.57. The van der Waals surface area contributed by atoms with Crippen molar-refractivity contribution >= 4 is 5.97 Å². The second kappa shape index (κ2) is 10.0. The number of ether oxygens (including phenoxy) is 3. The Labute approximate surface area is 136 Å². The maximum Gasteiger partial charge on any atom is 0.337 e. The van der Waals surface area contributed by atoms with Gasteiger partial charge >= 0.3 is 5.97 Å². The summed E-state index contributed by atoms with van der Waals surface area (Å²) in [6.07, 6.45) is 0.146. The predicted octanol–water partition coefficient (Wildman–Crippen LogP) is -0.444. The van der Waals surface area contributed by atoms with Crippen LogP contribution in [0.3, 0.4) is 0 Å². The molecule has 0 fully saturated rings. The maximum absolute atomic E-state index is 11.5. The van der Waals surface area contributed by atoms with Gasteiger partial charge in [0.05, 0.1) is 26.4 Å². The minimum absolute atomic E-state index is 0.0763. The fourth-order valence-electron chi connectivity index (χ4n) is 2.01. The predicted molar refractivity (Wildman–Crippen MR) is 83.8 cm³/mol. The summed E-state index contributed by atoms with van der Waals surface area (Å²) >= 11 is 0. The van der Waals surface area contributed by atoms with Crippen LogP contribution >= 0.6 is 0 Å². The van der Waals surface area contributed by atoms with Crippen LogP contribution in [0.4, 0.5) is 0 Å². The van der Waals surface area contributed by atoms with E-state index in [9.17, 15) is 9.90 Å². The van der Waals surface area contributed by atoms with Gasteiger partial charge in [-0.1, -0.05) is 6.92 Å². The first-order chi connectivity index (χ1) is 11.0. The first kappa shape index (κ1) is 19.2.